The number of nitrogens with zero attached hydrogens (tertiary/aromatic N) is 3. The predicted octanol–water partition coefficient (Wildman–Crippen LogP) is 1.50. The Morgan fingerprint density at radius 2 is 2.04 bits per heavy atom. The maximum atomic E-state index is 12.6. The first-order chi connectivity index (χ1) is 12.3. The van der Waals surface area contributed by atoms with Crippen LogP contribution in [0.1, 0.15) is 32.1 Å². The first-order valence-corrected chi connectivity index (χ1v) is 9.56. The topological polar surface area (TPSA) is 68.6 Å². The molecule has 0 spiro atoms. The third-order valence-corrected chi connectivity index (χ3v) is 5.59. The van der Waals surface area contributed by atoms with Gasteiger partial charge >= 0.3 is 0 Å². The van der Waals surface area contributed by atoms with Crippen LogP contribution in [0.5, 0.6) is 0 Å². The van der Waals surface area contributed by atoms with E-state index in [1.165, 1.54) is 19.3 Å². The predicted molar refractivity (Wildman–Crippen MR) is 93.4 cm³/mol. The third-order valence-electron chi connectivity index (χ3n) is 5.59. The minimum absolute atomic E-state index is 0.0418. The minimum Gasteiger partial charge on any atom is -0.379 e. The average molecular weight is 348 g/mol. The Balaban J connectivity index is 1.26. The van der Waals surface area contributed by atoms with Gasteiger partial charge in [0.05, 0.1) is 25.5 Å². The highest BCUT2D eigenvalue weighted by Crippen LogP contribution is 2.29. The highest BCUT2D eigenvalue weighted by atomic mass is 16.5. The molecule has 138 valence electrons. The van der Waals surface area contributed by atoms with Gasteiger partial charge in [-0.2, -0.15) is 5.10 Å². The zero-order valence-corrected chi connectivity index (χ0v) is 14.7. The van der Waals surface area contributed by atoms with Gasteiger partial charge in [0.2, 0.25) is 0 Å². The minimum atomic E-state index is -0.349. The molecule has 1 aromatic rings. The number of amides is 1. The van der Waals surface area contributed by atoms with Crippen molar-refractivity contribution in [3.63, 3.8) is 0 Å². The van der Waals surface area contributed by atoms with Gasteiger partial charge in [0, 0.05) is 32.2 Å². The zero-order valence-electron chi connectivity index (χ0n) is 14.7. The van der Waals surface area contributed by atoms with Gasteiger partial charge in [-0.3, -0.25) is 9.69 Å². The molecular weight excluding hydrogens is 320 g/mol. The number of anilines is 1. The van der Waals surface area contributed by atoms with E-state index in [1.807, 2.05) is 10.7 Å². The standard InChI is InChI=1S/C18H28N4O3/c23-18(20-17-6-7-19-22(17)12-14-2-1-3-14)16-5-4-15(25-16)13-21-8-10-24-11-9-21/h6-7,14-16H,1-5,8-13H2,(H,20,23)/t15-,16+/m1/s1. The highest BCUT2D eigenvalue weighted by molar-refractivity contribution is 5.93. The average Bonchev–Trinajstić information content (AvgIpc) is 3.21. The van der Waals surface area contributed by atoms with Crippen molar-refractivity contribution in [3.05, 3.63) is 12.3 Å². The number of rotatable bonds is 6. The Kier molecular flexibility index (Phi) is 5.33. The van der Waals surface area contributed by atoms with Crippen molar-refractivity contribution in [3.8, 4) is 0 Å². The van der Waals surface area contributed by atoms with Gasteiger partial charge in [-0.1, -0.05) is 6.42 Å². The summed E-state index contributed by atoms with van der Waals surface area (Å²) in [5.74, 6) is 1.45. The second-order valence-corrected chi connectivity index (χ2v) is 7.42. The molecule has 3 fully saturated rings. The summed E-state index contributed by atoms with van der Waals surface area (Å²) in [6.07, 6.45) is 7.13. The van der Waals surface area contributed by atoms with E-state index in [9.17, 15) is 4.79 Å². The number of ether oxygens (including phenoxy) is 2. The van der Waals surface area contributed by atoms with Crippen LogP contribution in [-0.4, -0.2) is 65.6 Å². The van der Waals surface area contributed by atoms with Crippen LogP contribution in [0.25, 0.3) is 0 Å². The zero-order chi connectivity index (χ0) is 17.1. The van der Waals surface area contributed by atoms with Crippen LogP contribution in [0, 0.1) is 5.92 Å². The smallest absolute Gasteiger partial charge is 0.254 e. The maximum Gasteiger partial charge on any atom is 0.254 e. The Morgan fingerprint density at radius 1 is 1.20 bits per heavy atom. The molecule has 7 nitrogen and oxygen atoms in total. The van der Waals surface area contributed by atoms with Crippen LogP contribution in [0.15, 0.2) is 12.3 Å². The number of carbonyl (C=O) groups excluding carboxylic acids is 1. The lowest BCUT2D eigenvalue weighted by Crippen LogP contribution is -2.41. The highest BCUT2D eigenvalue weighted by Gasteiger charge is 2.32. The van der Waals surface area contributed by atoms with E-state index in [-0.39, 0.29) is 18.1 Å². The summed E-state index contributed by atoms with van der Waals surface area (Å²) in [5, 5.41) is 7.37. The Hall–Kier alpha value is -1.44. The summed E-state index contributed by atoms with van der Waals surface area (Å²) < 4.78 is 13.3. The van der Waals surface area contributed by atoms with Crippen LogP contribution in [-0.2, 0) is 20.8 Å². The fourth-order valence-corrected chi connectivity index (χ4v) is 3.82. The van der Waals surface area contributed by atoms with Crippen LogP contribution in [0.4, 0.5) is 5.82 Å². The molecule has 0 radical (unpaired) electrons. The van der Waals surface area contributed by atoms with Crippen LogP contribution in [0.3, 0.4) is 0 Å². The largest absolute Gasteiger partial charge is 0.379 e. The van der Waals surface area contributed by atoms with Gasteiger partial charge in [0.25, 0.3) is 5.91 Å². The number of hydrogen-bond donors (Lipinski definition) is 1. The fourth-order valence-electron chi connectivity index (χ4n) is 3.82. The number of hydrogen-bond acceptors (Lipinski definition) is 5. The van der Waals surface area contributed by atoms with Gasteiger partial charge in [-0.25, -0.2) is 4.68 Å². The van der Waals surface area contributed by atoms with Gasteiger partial charge in [-0.15, -0.1) is 0 Å². The molecule has 25 heavy (non-hydrogen) atoms. The van der Waals surface area contributed by atoms with Gasteiger partial charge in [0.1, 0.15) is 11.9 Å². The molecule has 1 aromatic heterocycles. The van der Waals surface area contributed by atoms with E-state index in [0.717, 1.165) is 58.1 Å². The molecule has 1 saturated carbocycles. The molecule has 2 atom stereocenters. The summed E-state index contributed by atoms with van der Waals surface area (Å²) >= 11 is 0. The second kappa shape index (κ2) is 7.85. The van der Waals surface area contributed by atoms with Gasteiger partial charge < -0.3 is 14.8 Å². The lowest BCUT2D eigenvalue weighted by atomic mass is 9.85. The lowest BCUT2D eigenvalue weighted by molar-refractivity contribution is -0.127. The van der Waals surface area contributed by atoms with Crippen molar-refractivity contribution in [1.82, 2.24) is 14.7 Å². The van der Waals surface area contributed by atoms with Gasteiger partial charge in [0.15, 0.2) is 0 Å². The van der Waals surface area contributed by atoms with E-state index < -0.39 is 0 Å². The Labute approximate surface area is 148 Å². The van der Waals surface area contributed by atoms with Crippen LogP contribution < -0.4 is 5.32 Å². The quantitative estimate of drug-likeness (QED) is 0.844. The van der Waals surface area contributed by atoms with E-state index in [0.29, 0.717) is 5.92 Å². The van der Waals surface area contributed by atoms with E-state index in [2.05, 4.69) is 15.3 Å². The van der Waals surface area contributed by atoms with E-state index in [1.54, 1.807) is 6.20 Å². The van der Waals surface area contributed by atoms with Crippen molar-refractivity contribution >= 4 is 11.7 Å². The van der Waals surface area contributed by atoms with Gasteiger partial charge in [-0.05, 0) is 31.6 Å². The van der Waals surface area contributed by atoms with Crippen LogP contribution >= 0.6 is 0 Å². The summed E-state index contributed by atoms with van der Waals surface area (Å²) in [7, 11) is 0. The molecule has 0 unspecified atom stereocenters. The van der Waals surface area contributed by atoms with Crippen molar-refractivity contribution in [2.45, 2.75) is 50.9 Å². The van der Waals surface area contributed by atoms with Crippen molar-refractivity contribution in [2.75, 3.05) is 38.2 Å². The Bertz CT molecular complexity index is 581. The third kappa shape index (κ3) is 4.22. The first-order valence-electron chi connectivity index (χ1n) is 9.56. The summed E-state index contributed by atoms with van der Waals surface area (Å²) in [5.41, 5.74) is 0. The molecule has 2 saturated heterocycles. The molecule has 1 N–H and O–H groups in total. The molecule has 1 amide bonds. The number of aromatic nitrogens is 2. The van der Waals surface area contributed by atoms with E-state index >= 15 is 0 Å². The first kappa shape index (κ1) is 17.0. The molecule has 0 bridgehead atoms. The lowest BCUT2D eigenvalue weighted by Gasteiger charge is -2.28. The summed E-state index contributed by atoms with van der Waals surface area (Å²) in [6.45, 7) is 5.29. The van der Waals surface area contributed by atoms with Crippen LogP contribution in [0.2, 0.25) is 0 Å². The second-order valence-electron chi connectivity index (χ2n) is 7.42. The molecule has 7 heteroatoms. The molecule has 3 aliphatic rings. The maximum absolute atomic E-state index is 12.6. The molecule has 2 aliphatic heterocycles. The van der Waals surface area contributed by atoms with Crippen molar-refractivity contribution < 1.29 is 14.3 Å². The molecule has 4 rings (SSSR count). The monoisotopic (exact) mass is 348 g/mol. The summed E-state index contributed by atoms with van der Waals surface area (Å²) in [4.78, 5) is 14.9. The molecule has 1 aliphatic carbocycles. The molecule has 0 aromatic carbocycles. The normalized spacial score (nSPS) is 28.0. The molecular formula is C18H28N4O3. The molecule has 3 heterocycles. The SMILES string of the molecule is O=C(Nc1ccnn1CC1CCC1)[C@@H]1CC[C@H](CN2CCOCC2)O1. The van der Waals surface area contributed by atoms with Crippen molar-refractivity contribution in [2.24, 2.45) is 5.92 Å². The summed E-state index contributed by atoms with van der Waals surface area (Å²) in [6, 6.07) is 1.87. The van der Waals surface area contributed by atoms with Crippen molar-refractivity contribution in [1.29, 1.82) is 0 Å². The number of morpholine rings is 1. The van der Waals surface area contributed by atoms with E-state index in [4.69, 9.17) is 9.47 Å². The fraction of sp³-hybridized carbons (Fsp3) is 0.778. The number of carbonyl (C=O) groups is 1. The Morgan fingerprint density at radius 3 is 2.80 bits per heavy atom. The number of nitrogens with one attached hydrogen (secondary N) is 1.